The topological polar surface area (TPSA) is 76.0 Å². The lowest BCUT2D eigenvalue weighted by molar-refractivity contribution is -0.137. The number of aliphatic hydroxyl groups excluding tert-OH is 1. The van der Waals surface area contributed by atoms with Crippen LogP contribution in [0.4, 0.5) is 0 Å². The molecule has 0 aliphatic heterocycles. The lowest BCUT2D eigenvalue weighted by atomic mass is 9.88. The number of unbranched alkanes of at least 4 members (excludes halogenated alkanes) is 1. The van der Waals surface area contributed by atoms with Crippen molar-refractivity contribution in [3.63, 3.8) is 0 Å². The van der Waals surface area contributed by atoms with E-state index in [4.69, 9.17) is 14.6 Å². The SMILES string of the molecule is BC(/C=C/[C@@H]1[C@@H](C/C=C\CCCC(=O)O)[C@@H](OC)C[C@H]1O)OC. The minimum atomic E-state index is -0.755. The van der Waals surface area contributed by atoms with E-state index in [9.17, 15) is 9.90 Å². The molecule has 0 aromatic heterocycles. The van der Waals surface area contributed by atoms with Crippen LogP contribution in [0, 0.1) is 11.8 Å². The summed E-state index contributed by atoms with van der Waals surface area (Å²) >= 11 is 0. The van der Waals surface area contributed by atoms with Crippen LogP contribution in [0.15, 0.2) is 24.3 Å². The molecule has 1 aliphatic rings. The Morgan fingerprint density at radius 1 is 1.39 bits per heavy atom. The number of ether oxygens (including phenoxy) is 2. The summed E-state index contributed by atoms with van der Waals surface area (Å²) in [4.78, 5) is 10.5. The molecule has 0 aromatic carbocycles. The van der Waals surface area contributed by atoms with Crippen molar-refractivity contribution in [2.24, 2.45) is 11.8 Å². The molecular weight excluding hydrogens is 295 g/mol. The number of hydrogen-bond donors (Lipinski definition) is 2. The normalized spacial score (nSPS) is 29.5. The molecule has 5 atom stereocenters. The number of rotatable bonds is 10. The van der Waals surface area contributed by atoms with Crippen LogP contribution >= 0.6 is 0 Å². The molecule has 0 amide bonds. The number of carboxylic acids is 1. The summed E-state index contributed by atoms with van der Waals surface area (Å²) in [5.74, 6) is -0.471. The molecule has 130 valence electrons. The largest absolute Gasteiger partial charge is 0.481 e. The van der Waals surface area contributed by atoms with Crippen molar-refractivity contribution >= 4 is 13.8 Å². The minimum absolute atomic E-state index is 0.0241. The molecule has 0 aromatic rings. The van der Waals surface area contributed by atoms with Gasteiger partial charge in [0.2, 0.25) is 0 Å². The maximum Gasteiger partial charge on any atom is 0.303 e. The minimum Gasteiger partial charge on any atom is -0.481 e. The molecule has 1 fully saturated rings. The van der Waals surface area contributed by atoms with Crippen molar-refractivity contribution in [3.05, 3.63) is 24.3 Å². The van der Waals surface area contributed by atoms with Crippen LogP contribution in [-0.2, 0) is 14.3 Å². The predicted molar refractivity (Wildman–Crippen MR) is 92.1 cm³/mol. The van der Waals surface area contributed by atoms with Gasteiger partial charge in [-0.3, -0.25) is 4.79 Å². The van der Waals surface area contributed by atoms with Gasteiger partial charge in [-0.2, -0.15) is 0 Å². The van der Waals surface area contributed by atoms with E-state index in [1.54, 1.807) is 14.2 Å². The smallest absolute Gasteiger partial charge is 0.303 e. The Bertz CT molecular complexity index is 410. The summed E-state index contributed by atoms with van der Waals surface area (Å²) in [5.41, 5.74) is 0. The van der Waals surface area contributed by atoms with Gasteiger partial charge >= 0.3 is 5.97 Å². The highest BCUT2D eigenvalue weighted by Gasteiger charge is 2.40. The molecule has 1 saturated carbocycles. The number of aliphatic carboxylic acids is 1. The zero-order valence-corrected chi connectivity index (χ0v) is 14.4. The van der Waals surface area contributed by atoms with E-state index in [1.807, 2.05) is 26.1 Å². The second kappa shape index (κ2) is 10.6. The van der Waals surface area contributed by atoms with Gasteiger partial charge in [-0.15, -0.1) is 0 Å². The van der Waals surface area contributed by atoms with Crippen LogP contribution in [0.1, 0.15) is 32.1 Å². The molecule has 1 rings (SSSR count). The fraction of sp³-hybridized carbons (Fsp3) is 0.706. The molecule has 6 heteroatoms. The fourth-order valence-corrected chi connectivity index (χ4v) is 3.06. The van der Waals surface area contributed by atoms with Gasteiger partial charge < -0.3 is 19.7 Å². The van der Waals surface area contributed by atoms with Crippen LogP contribution in [-0.4, -0.2) is 56.5 Å². The second-order valence-corrected chi connectivity index (χ2v) is 6.14. The lowest BCUT2D eigenvalue weighted by Crippen LogP contribution is -2.21. The highest BCUT2D eigenvalue weighted by molar-refractivity contribution is 6.12. The molecule has 2 N–H and O–H groups in total. The molecule has 1 aliphatic carbocycles. The number of carbonyl (C=O) groups is 1. The maximum absolute atomic E-state index is 10.5. The quantitative estimate of drug-likeness (QED) is 0.360. The van der Waals surface area contributed by atoms with Crippen LogP contribution in [0.25, 0.3) is 0 Å². The average Bonchev–Trinajstić information content (AvgIpc) is 2.83. The fourth-order valence-electron chi connectivity index (χ4n) is 3.06. The third-order valence-corrected chi connectivity index (χ3v) is 4.51. The molecule has 0 radical (unpaired) electrons. The predicted octanol–water partition coefficient (Wildman–Crippen LogP) is 1.36. The van der Waals surface area contributed by atoms with Crippen LogP contribution in [0.5, 0.6) is 0 Å². The number of allylic oxidation sites excluding steroid dienone is 2. The standard InChI is InChI=1S/C17H29BO5/c1-22-15-11-14(19)12(9-10-16(18)23-2)13(15)7-5-3-4-6-8-17(20)21/h3,5,9-10,12-16,19H,4,6-8,11,18H2,1-2H3,(H,20,21)/b5-3-,10-9+/t12-,13-,14-,15+,16?/m1/s1. The molecule has 5 nitrogen and oxygen atoms in total. The van der Waals surface area contributed by atoms with E-state index >= 15 is 0 Å². The van der Waals surface area contributed by atoms with Gasteiger partial charge in [0.15, 0.2) is 0 Å². The Morgan fingerprint density at radius 3 is 2.74 bits per heavy atom. The van der Waals surface area contributed by atoms with Gasteiger partial charge in [0.05, 0.1) is 12.2 Å². The van der Waals surface area contributed by atoms with Crippen molar-refractivity contribution < 1.29 is 24.5 Å². The van der Waals surface area contributed by atoms with Gasteiger partial charge in [0.25, 0.3) is 0 Å². The molecule has 0 saturated heterocycles. The molecule has 0 bridgehead atoms. The van der Waals surface area contributed by atoms with Gasteiger partial charge in [0.1, 0.15) is 7.85 Å². The third-order valence-electron chi connectivity index (χ3n) is 4.51. The van der Waals surface area contributed by atoms with E-state index in [0.29, 0.717) is 12.8 Å². The summed E-state index contributed by atoms with van der Waals surface area (Å²) < 4.78 is 10.7. The van der Waals surface area contributed by atoms with E-state index in [1.165, 1.54) is 0 Å². The van der Waals surface area contributed by atoms with Gasteiger partial charge in [-0.05, 0) is 25.2 Å². The van der Waals surface area contributed by atoms with E-state index in [0.717, 1.165) is 12.8 Å². The Hall–Kier alpha value is -1.11. The molecular formula is C17H29BO5. The zero-order chi connectivity index (χ0) is 17.2. The number of aliphatic hydroxyl groups is 1. The third kappa shape index (κ3) is 6.89. The highest BCUT2D eigenvalue weighted by atomic mass is 16.5. The summed E-state index contributed by atoms with van der Waals surface area (Å²) in [6.07, 6.45) is 10.9. The van der Waals surface area contributed by atoms with Crippen molar-refractivity contribution in [1.29, 1.82) is 0 Å². The van der Waals surface area contributed by atoms with Crippen LogP contribution < -0.4 is 0 Å². The molecule has 23 heavy (non-hydrogen) atoms. The lowest BCUT2D eigenvalue weighted by Gasteiger charge is -2.21. The van der Waals surface area contributed by atoms with Gasteiger partial charge in [-0.1, -0.05) is 24.3 Å². The second-order valence-electron chi connectivity index (χ2n) is 6.14. The molecule has 0 spiro atoms. The van der Waals surface area contributed by atoms with E-state index < -0.39 is 12.1 Å². The molecule has 0 heterocycles. The summed E-state index contributed by atoms with van der Waals surface area (Å²) in [7, 11) is 5.31. The summed E-state index contributed by atoms with van der Waals surface area (Å²) in [6, 6.07) is 0.0241. The monoisotopic (exact) mass is 324 g/mol. The summed E-state index contributed by atoms with van der Waals surface area (Å²) in [5, 5.41) is 18.9. The maximum atomic E-state index is 10.5. The van der Waals surface area contributed by atoms with Crippen molar-refractivity contribution in [2.45, 2.75) is 50.3 Å². The number of hydrogen-bond acceptors (Lipinski definition) is 4. The Balaban J connectivity index is 2.57. The van der Waals surface area contributed by atoms with Gasteiger partial charge in [0, 0.05) is 39.0 Å². The zero-order valence-electron chi connectivity index (χ0n) is 14.4. The summed E-state index contributed by atoms with van der Waals surface area (Å²) in [6.45, 7) is 0. The first-order valence-electron chi connectivity index (χ1n) is 8.28. The first-order valence-corrected chi connectivity index (χ1v) is 8.28. The van der Waals surface area contributed by atoms with Crippen molar-refractivity contribution in [3.8, 4) is 0 Å². The van der Waals surface area contributed by atoms with Crippen molar-refractivity contribution in [1.82, 2.24) is 0 Å². The number of methoxy groups -OCH3 is 2. The van der Waals surface area contributed by atoms with Crippen LogP contribution in [0.2, 0.25) is 0 Å². The Labute approximate surface area is 139 Å². The first kappa shape index (κ1) is 19.9. The Kier molecular flexibility index (Phi) is 9.21. The Morgan fingerprint density at radius 2 is 2.13 bits per heavy atom. The van der Waals surface area contributed by atoms with E-state index in [2.05, 4.69) is 6.08 Å². The molecule has 1 unspecified atom stereocenters. The average molecular weight is 324 g/mol. The van der Waals surface area contributed by atoms with Crippen LogP contribution in [0.3, 0.4) is 0 Å². The highest BCUT2D eigenvalue weighted by Crippen LogP contribution is 2.37. The first-order chi connectivity index (χ1) is 11.0. The van der Waals surface area contributed by atoms with Gasteiger partial charge in [-0.25, -0.2) is 0 Å². The van der Waals surface area contributed by atoms with E-state index in [-0.39, 0.29) is 30.4 Å². The number of carboxylic acid groups (broad SMARTS) is 1. The van der Waals surface area contributed by atoms with Crippen molar-refractivity contribution in [2.75, 3.05) is 14.2 Å².